The molecular weight excluding hydrogens is 332 g/mol. The number of carbonyl (C=O) groups excluding carboxylic acids is 3. The van der Waals surface area contributed by atoms with Gasteiger partial charge in [0.15, 0.2) is 6.10 Å². The van der Waals surface area contributed by atoms with Crippen molar-refractivity contribution in [2.24, 2.45) is 5.92 Å². The SMILES string of the molecule is Cc1ccc(C(=O)NCC(=O)O[C@@H](C)C(=O)N[C@@H]2CCCC[C@@H]2C)cc1. The van der Waals surface area contributed by atoms with Crippen LogP contribution in [0.1, 0.15) is 55.5 Å². The van der Waals surface area contributed by atoms with Gasteiger partial charge in [-0.2, -0.15) is 0 Å². The average molecular weight is 360 g/mol. The molecule has 1 aliphatic rings. The summed E-state index contributed by atoms with van der Waals surface area (Å²) in [6, 6.07) is 7.17. The molecule has 0 radical (unpaired) electrons. The molecule has 1 fully saturated rings. The summed E-state index contributed by atoms with van der Waals surface area (Å²) in [7, 11) is 0. The minimum atomic E-state index is -0.882. The Kier molecular flexibility index (Phi) is 7.18. The molecule has 0 aliphatic heterocycles. The van der Waals surface area contributed by atoms with E-state index in [4.69, 9.17) is 4.74 Å². The van der Waals surface area contributed by atoms with Gasteiger partial charge in [0.25, 0.3) is 11.8 Å². The largest absolute Gasteiger partial charge is 0.451 e. The van der Waals surface area contributed by atoms with Crippen molar-refractivity contribution in [1.29, 1.82) is 0 Å². The highest BCUT2D eigenvalue weighted by molar-refractivity contribution is 5.96. The predicted octanol–water partition coefficient (Wildman–Crippen LogP) is 2.35. The highest BCUT2D eigenvalue weighted by Crippen LogP contribution is 2.23. The minimum absolute atomic E-state index is 0.138. The van der Waals surface area contributed by atoms with Crippen molar-refractivity contribution in [2.45, 2.75) is 58.6 Å². The number of hydrogen-bond donors (Lipinski definition) is 2. The number of esters is 1. The van der Waals surface area contributed by atoms with Gasteiger partial charge in [-0.3, -0.25) is 14.4 Å². The Bertz CT molecular complexity index is 642. The topological polar surface area (TPSA) is 84.5 Å². The van der Waals surface area contributed by atoms with Crippen molar-refractivity contribution in [2.75, 3.05) is 6.54 Å². The first-order valence-corrected chi connectivity index (χ1v) is 9.21. The van der Waals surface area contributed by atoms with Crippen molar-refractivity contribution in [1.82, 2.24) is 10.6 Å². The quantitative estimate of drug-likeness (QED) is 0.763. The van der Waals surface area contributed by atoms with Gasteiger partial charge in [0.05, 0.1) is 0 Å². The Hall–Kier alpha value is -2.37. The van der Waals surface area contributed by atoms with Gasteiger partial charge in [-0.1, -0.05) is 37.5 Å². The molecule has 0 unspecified atom stereocenters. The fourth-order valence-corrected chi connectivity index (χ4v) is 3.08. The van der Waals surface area contributed by atoms with Crippen molar-refractivity contribution in [3.8, 4) is 0 Å². The third-order valence-electron chi connectivity index (χ3n) is 4.82. The van der Waals surface area contributed by atoms with Gasteiger partial charge < -0.3 is 15.4 Å². The van der Waals surface area contributed by atoms with Crippen LogP contribution < -0.4 is 10.6 Å². The van der Waals surface area contributed by atoms with Crippen molar-refractivity contribution < 1.29 is 19.1 Å². The number of hydrogen-bond acceptors (Lipinski definition) is 4. The van der Waals surface area contributed by atoms with Gasteiger partial charge in [0, 0.05) is 11.6 Å². The summed E-state index contributed by atoms with van der Waals surface area (Å²) in [4.78, 5) is 36.1. The molecule has 6 heteroatoms. The summed E-state index contributed by atoms with van der Waals surface area (Å²) in [5, 5.41) is 5.47. The minimum Gasteiger partial charge on any atom is -0.451 e. The summed E-state index contributed by atoms with van der Waals surface area (Å²) >= 11 is 0. The monoisotopic (exact) mass is 360 g/mol. The zero-order valence-electron chi connectivity index (χ0n) is 15.7. The van der Waals surface area contributed by atoms with E-state index in [1.165, 1.54) is 6.42 Å². The molecule has 3 atom stereocenters. The smallest absolute Gasteiger partial charge is 0.326 e. The summed E-state index contributed by atoms with van der Waals surface area (Å²) in [5.74, 6) is -0.841. The van der Waals surface area contributed by atoms with Gasteiger partial charge in [0.1, 0.15) is 6.54 Å². The van der Waals surface area contributed by atoms with E-state index in [0.29, 0.717) is 11.5 Å². The van der Waals surface area contributed by atoms with Crippen molar-refractivity contribution in [3.63, 3.8) is 0 Å². The van der Waals surface area contributed by atoms with E-state index in [-0.39, 0.29) is 24.4 Å². The van der Waals surface area contributed by atoms with E-state index in [1.54, 1.807) is 19.1 Å². The molecule has 2 amide bonds. The van der Waals surface area contributed by atoms with Crippen LogP contribution in [0, 0.1) is 12.8 Å². The van der Waals surface area contributed by atoms with Crippen LogP contribution in [-0.4, -0.2) is 36.5 Å². The number of benzene rings is 1. The lowest BCUT2D eigenvalue weighted by Gasteiger charge is -2.30. The normalized spacial score (nSPS) is 20.7. The standard InChI is InChI=1S/C20H28N2O4/c1-13-8-10-16(11-9-13)20(25)21-12-18(23)26-15(3)19(24)22-17-7-5-4-6-14(17)2/h8-11,14-15,17H,4-7,12H2,1-3H3,(H,21,25)(H,22,24)/t14-,15-,17+/m0/s1. The van der Waals surface area contributed by atoms with Crippen LogP contribution in [0.3, 0.4) is 0 Å². The molecule has 2 N–H and O–H groups in total. The van der Waals surface area contributed by atoms with Gasteiger partial charge in [-0.15, -0.1) is 0 Å². The maximum atomic E-state index is 12.2. The second kappa shape index (κ2) is 9.36. The molecular formula is C20H28N2O4. The second-order valence-corrected chi connectivity index (χ2v) is 7.06. The molecule has 2 rings (SSSR count). The summed E-state index contributed by atoms with van der Waals surface area (Å²) in [6.07, 6.45) is 3.48. The number of nitrogens with one attached hydrogen (secondary N) is 2. The fraction of sp³-hybridized carbons (Fsp3) is 0.550. The Labute approximate surface area is 154 Å². The van der Waals surface area contributed by atoms with E-state index >= 15 is 0 Å². The molecule has 1 aliphatic carbocycles. The van der Waals surface area contributed by atoms with Gasteiger partial charge >= 0.3 is 5.97 Å². The molecule has 1 saturated carbocycles. The predicted molar refractivity (Wildman–Crippen MR) is 98.6 cm³/mol. The molecule has 0 heterocycles. The first kappa shape index (κ1) is 19.9. The zero-order valence-corrected chi connectivity index (χ0v) is 15.7. The molecule has 0 aromatic heterocycles. The van der Waals surface area contributed by atoms with Crippen LogP contribution in [0.15, 0.2) is 24.3 Å². The van der Waals surface area contributed by atoms with Crippen LogP contribution in [0.5, 0.6) is 0 Å². The van der Waals surface area contributed by atoms with Crippen LogP contribution in [-0.2, 0) is 14.3 Å². The average Bonchev–Trinajstić information content (AvgIpc) is 2.62. The van der Waals surface area contributed by atoms with Gasteiger partial charge in [-0.25, -0.2) is 0 Å². The Balaban J connectivity index is 1.74. The van der Waals surface area contributed by atoms with E-state index in [1.807, 2.05) is 19.1 Å². The number of aryl methyl sites for hydroxylation is 1. The first-order chi connectivity index (χ1) is 12.4. The van der Waals surface area contributed by atoms with E-state index in [2.05, 4.69) is 17.6 Å². The Morgan fingerprint density at radius 1 is 1.15 bits per heavy atom. The fourth-order valence-electron chi connectivity index (χ4n) is 3.08. The van der Waals surface area contributed by atoms with Crippen LogP contribution in [0.4, 0.5) is 0 Å². The number of carbonyl (C=O) groups is 3. The Morgan fingerprint density at radius 2 is 1.81 bits per heavy atom. The first-order valence-electron chi connectivity index (χ1n) is 9.21. The third-order valence-corrected chi connectivity index (χ3v) is 4.82. The number of ether oxygens (including phenoxy) is 1. The molecule has 26 heavy (non-hydrogen) atoms. The summed E-state index contributed by atoms with van der Waals surface area (Å²) < 4.78 is 5.13. The molecule has 1 aromatic carbocycles. The maximum Gasteiger partial charge on any atom is 0.326 e. The molecule has 6 nitrogen and oxygen atoms in total. The zero-order chi connectivity index (χ0) is 19.1. The van der Waals surface area contributed by atoms with Crippen molar-refractivity contribution >= 4 is 17.8 Å². The van der Waals surface area contributed by atoms with E-state index < -0.39 is 12.1 Å². The van der Waals surface area contributed by atoms with Crippen LogP contribution in [0.25, 0.3) is 0 Å². The second-order valence-electron chi connectivity index (χ2n) is 7.06. The molecule has 0 bridgehead atoms. The van der Waals surface area contributed by atoms with Crippen LogP contribution >= 0.6 is 0 Å². The van der Waals surface area contributed by atoms with E-state index in [0.717, 1.165) is 24.8 Å². The molecule has 0 saturated heterocycles. The highest BCUT2D eigenvalue weighted by Gasteiger charge is 2.26. The third kappa shape index (κ3) is 5.86. The molecule has 0 spiro atoms. The van der Waals surface area contributed by atoms with Gasteiger partial charge in [-0.05, 0) is 44.7 Å². The lowest BCUT2D eigenvalue weighted by Crippen LogP contribution is -2.46. The summed E-state index contributed by atoms with van der Waals surface area (Å²) in [6.45, 7) is 5.33. The van der Waals surface area contributed by atoms with Crippen molar-refractivity contribution in [3.05, 3.63) is 35.4 Å². The Morgan fingerprint density at radius 3 is 2.46 bits per heavy atom. The number of amides is 2. The lowest BCUT2D eigenvalue weighted by atomic mass is 9.86. The molecule has 1 aromatic rings. The number of rotatable bonds is 6. The van der Waals surface area contributed by atoms with E-state index in [9.17, 15) is 14.4 Å². The lowest BCUT2D eigenvalue weighted by molar-refractivity contribution is -0.154. The summed E-state index contributed by atoms with van der Waals surface area (Å²) in [5.41, 5.74) is 1.52. The van der Waals surface area contributed by atoms with Crippen LogP contribution in [0.2, 0.25) is 0 Å². The van der Waals surface area contributed by atoms with Gasteiger partial charge in [0.2, 0.25) is 0 Å². The maximum absolute atomic E-state index is 12.2. The molecule has 142 valence electrons. The highest BCUT2D eigenvalue weighted by atomic mass is 16.5.